The monoisotopic (exact) mass is 1120 g/mol. The number of hydrogen-bond donors (Lipinski definition) is 6. The Morgan fingerprint density at radius 1 is 0.662 bits per heavy atom. The Morgan fingerprint density at radius 2 is 1.12 bits per heavy atom. The van der Waals surface area contributed by atoms with Crippen molar-refractivity contribution in [2.75, 3.05) is 21.7 Å². The lowest BCUT2D eigenvalue weighted by atomic mass is 9.91. The van der Waals surface area contributed by atoms with Gasteiger partial charge in [0, 0.05) is 46.1 Å². The minimum Gasteiger partial charge on any atom is -0.444 e. The van der Waals surface area contributed by atoms with Crippen LogP contribution in [-0.4, -0.2) is 77.6 Å². The number of rotatable bonds is 11. The highest BCUT2D eigenvalue weighted by Crippen LogP contribution is 2.37. The Balaban J connectivity index is 0.000000235. The molecule has 4 aliphatic rings. The lowest BCUT2D eigenvalue weighted by Gasteiger charge is -2.30. The van der Waals surface area contributed by atoms with E-state index in [0.29, 0.717) is 37.9 Å². The predicted octanol–water partition coefficient (Wildman–Crippen LogP) is 11.9. The molecule has 4 heterocycles. The topological polar surface area (TPSA) is 224 Å². The highest BCUT2D eigenvalue weighted by atomic mass is 35.5. The van der Waals surface area contributed by atoms with Gasteiger partial charge in [-0.05, 0) is 107 Å². The zero-order chi connectivity index (χ0) is 49.6. The van der Waals surface area contributed by atoms with Crippen molar-refractivity contribution < 1.29 is 19.1 Å². The molecule has 7 N–H and O–H groups in total. The van der Waals surface area contributed by atoms with Crippen molar-refractivity contribution in [3.8, 4) is 0 Å². The molecule has 392 valence electrons. The van der Waals surface area contributed by atoms with E-state index in [1.54, 1.807) is 43.9 Å². The number of nitrogen functional groups attached to an aromatic ring is 1. The standard InChI is InChI=1S/C28H31ClN6O3S.C23H23ClN6OS.CH4.2ClH/c1-28(2,3)38-27(37)35-26-33-22(15-39-26)24(36)31-17-8-6-9-18(13-17)32-25-30-14-21(29)23(34-25)20-12-11-16-7-4-5-10-19(16)20;24-18-11-26-23(30-20(18)17-9-8-13-4-1-2-7-16(13)17)28-15-6-3-5-14(10-15)27-21(31)19-12-32-22(25)29-19;;;/h4-5,7,10,12,14-15,17-18H,6,8-9,11,13H2,1-3H3,(H,31,36)(H,30,32,34)(H,33,35,37);1-2,4,7,9,11-12,14-15H,3,5-6,8,10H2,(H2,25,29)(H,27,31)(H,26,28,30);1H4;2*1H/t17-,18+;14-,15+;;;/m00.../s1. The van der Waals surface area contributed by atoms with Gasteiger partial charge >= 0.3 is 6.09 Å². The third kappa shape index (κ3) is 14.5. The van der Waals surface area contributed by atoms with Crippen LogP contribution in [0.1, 0.15) is 134 Å². The molecule has 10 rings (SSSR count). The fourth-order valence-corrected chi connectivity index (χ4v) is 10.9. The van der Waals surface area contributed by atoms with Crippen LogP contribution >= 0.6 is 70.7 Å². The number of thiazole rings is 2. The molecule has 0 saturated heterocycles. The number of hydrogen-bond acceptors (Lipinski definition) is 15. The maximum Gasteiger partial charge on any atom is 0.413 e. The van der Waals surface area contributed by atoms with Crippen molar-refractivity contribution in [3.63, 3.8) is 0 Å². The molecule has 2 saturated carbocycles. The van der Waals surface area contributed by atoms with E-state index in [4.69, 9.17) is 43.6 Å². The van der Waals surface area contributed by atoms with Gasteiger partial charge in [-0.1, -0.05) is 91.3 Å². The number of nitrogens with zero attached hydrogens (tertiary/aromatic N) is 6. The smallest absolute Gasteiger partial charge is 0.413 e. The molecule has 0 radical (unpaired) electrons. The van der Waals surface area contributed by atoms with E-state index in [-0.39, 0.29) is 73.9 Å². The third-order valence-electron chi connectivity index (χ3n) is 12.5. The molecule has 2 fully saturated rings. The number of carbonyl (C=O) groups excluding carboxylic acids is 3. The lowest BCUT2D eigenvalue weighted by Crippen LogP contribution is -2.42. The van der Waals surface area contributed by atoms with Gasteiger partial charge in [0.15, 0.2) is 10.3 Å². The Labute approximate surface area is 461 Å². The van der Waals surface area contributed by atoms with Crippen LogP contribution in [0, 0.1) is 0 Å². The summed E-state index contributed by atoms with van der Waals surface area (Å²) in [5.74, 6) is 0.624. The second-order valence-electron chi connectivity index (χ2n) is 18.8. The van der Waals surface area contributed by atoms with E-state index in [1.165, 1.54) is 39.4 Å². The summed E-state index contributed by atoms with van der Waals surface area (Å²) < 4.78 is 5.24. The SMILES string of the molecule is C.CC(C)(C)OC(=O)Nc1nc(C(=O)N[C@H]2CCC[C@@H](Nc3ncc(Cl)c(C4=CCc5ccccc54)n3)C2)cs1.Cl.Cl.Nc1nc(C(=O)N[C@H]2CCC[C@@H](Nc3ncc(Cl)c(C4=CCc5ccccc54)n3)C2)cs1. The van der Waals surface area contributed by atoms with Crippen molar-refractivity contribution >= 4 is 122 Å². The molecule has 74 heavy (non-hydrogen) atoms. The molecular formula is C52H60Cl4N12O4S2. The minimum absolute atomic E-state index is 0. The second kappa shape index (κ2) is 25.6. The number of allylic oxidation sites excluding steroid dienone is 2. The van der Waals surface area contributed by atoms with Crippen LogP contribution in [-0.2, 0) is 17.6 Å². The first kappa shape index (κ1) is 57.4. The fraction of sp³-hybridized carbons (Fsp3) is 0.365. The number of ether oxygens (including phenoxy) is 1. The van der Waals surface area contributed by atoms with Gasteiger partial charge in [-0.25, -0.2) is 34.7 Å². The first-order valence-corrected chi connectivity index (χ1v) is 26.2. The number of aromatic nitrogens is 6. The van der Waals surface area contributed by atoms with Crippen LogP contribution in [0.4, 0.5) is 27.0 Å². The summed E-state index contributed by atoms with van der Waals surface area (Å²) in [6, 6.07) is 16.9. The van der Waals surface area contributed by atoms with Gasteiger partial charge in [0.25, 0.3) is 11.8 Å². The van der Waals surface area contributed by atoms with E-state index < -0.39 is 11.7 Å². The van der Waals surface area contributed by atoms with Crippen LogP contribution < -0.4 is 32.3 Å². The number of nitrogens with one attached hydrogen (secondary N) is 5. The van der Waals surface area contributed by atoms with E-state index >= 15 is 0 Å². The largest absolute Gasteiger partial charge is 0.444 e. The number of fused-ring (bicyclic) bond motifs is 2. The first-order chi connectivity index (χ1) is 34.2. The van der Waals surface area contributed by atoms with Crippen LogP contribution in [0.15, 0.2) is 83.8 Å². The van der Waals surface area contributed by atoms with E-state index in [9.17, 15) is 14.4 Å². The average Bonchev–Trinajstić information content (AvgIpc) is 4.18. The predicted molar refractivity (Wildman–Crippen MR) is 303 cm³/mol. The molecule has 0 bridgehead atoms. The van der Waals surface area contributed by atoms with Crippen molar-refractivity contribution in [1.82, 2.24) is 40.5 Å². The Bertz CT molecular complexity index is 3020. The summed E-state index contributed by atoms with van der Waals surface area (Å²) in [4.78, 5) is 63.9. The summed E-state index contributed by atoms with van der Waals surface area (Å²) in [7, 11) is 0. The first-order valence-electron chi connectivity index (χ1n) is 23.7. The number of amides is 3. The molecule has 4 aliphatic carbocycles. The number of nitrogens with two attached hydrogens (primary N) is 1. The quantitative estimate of drug-likeness (QED) is 0.0711. The molecule has 0 aliphatic heterocycles. The molecule has 22 heteroatoms. The maximum absolute atomic E-state index is 12.9. The van der Waals surface area contributed by atoms with Gasteiger partial charge < -0.3 is 31.7 Å². The summed E-state index contributed by atoms with van der Waals surface area (Å²) in [6.07, 6.45) is 15.9. The van der Waals surface area contributed by atoms with Crippen LogP contribution in [0.3, 0.4) is 0 Å². The highest BCUT2D eigenvalue weighted by molar-refractivity contribution is 7.14. The Hall–Kier alpha value is -5.89. The van der Waals surface area contributed by atoms with E-state index in [0.717, 1.165) is 92.3 Å². The number of halogens is 4. The minimum atomic E-state index is -0.620. The van der Waals surface area contributed by atoms with Crippen molar-refractivity contribution in [2.45, 2.75) is 122 Å². The number of benzene rings is 2. The van der Waals surface area contributed by atoms with Crippen molar-refractivity contribution in [1.29, 1.82) is 0 Å². The molecular weight excluding hydrogens is 1060 g/mol. The maximum atomic E-state index is 12.9. The Kier molecular flexibility index (Phi) is 19.8. The fourth-order valence-electron chi connectivity index (χ4n) is 9.27. The van der Waals surface area contributed by atoms with Crippen molar-refractivity contribution in [3.05, 3.63) is 139 Å². The molecule has 4 aromatic heterocycles. The van der Waals surface area contributed by atoms with E-state index in [1.807, 2.05) is 24.3 Å². The average molecular weight is 1120 g/mol. The van der Waals surface area contributed by atoms with E-state index in [2.05, 4.69) is 82.9 Å². The molecule has 3 amide bonds. The summed E-state index contributed by atoms with van der Waals surface area (Å²) in [5, 5.41) is 20.7. The molecule has 6 aromatic rings. The highest BCUT2D eigenvalue weighted by Gasteiger charge is 2.29. The molecule has 0 spiro atoms. The van der Waals surface area contributed by atoms with Gasteiger partial charge in [0.2, 0.25) is 11.9 Å². The van der Waals surface area contributed by atoms with Gasteiger partial charge in [0.05, 0.1) is 33.8 Å². The zero-order valence-corrected chi connectivity index (χ0v) is 45.0. The van der Waals surface area contributed by atoms with Crippen molar-refractivity contribution in [2.24, 2.45) is 0 Å². The normalized spacial score (nSPS) is 18.4. The Morgan fingerprint density at radius 3 is 1.59 bits per heavy atom. The van der Waals surface area contributed by atoms with Gasteiger partial charge in [-0.2, -0.15) is 0 Å². The number of anilines is 4. The van der Waals surface area contributed by atoms with Gasteiger partial charge in [-0.3, -0.25) is 14.9 Å². The van der Waals surface area contributed by atoms with Crippen LogP contribution in [0.25, 0.3) is 11.1 Å². The third-order valence-corrected chi connectivity index (χ3v) is 14.4. The molecule has 0 unspecified atom stereocenters. The van der Waals surface area contributed by atoms with Crippen LogP contribution in [0.2, 0.25) is 10.0 Å². The second-order valence-corrected chi connectivity index (χ2v) is 21.4. The molecule has 2 aromatic carbocycles. The summed E-state index contributed by atoms with van der Waals surface area (Å²) in [6.45, 7) is 5.34. The zero-order valence-electron chi connectivity index (χ0n) is 40.2. The summed E-state index contributed by atoms with van der Waals surface area (Å²) >= 11 is 15.4. The van der Waals surface area contributed by atoms with Crippen LogP contribution in [0.5, 0.6) is 0 Å². The van der Waals surface area contributed by atoms with Gasteiger partial charge in [-0.15, -0.1) is 47.5 Å². The lowest BCUT2D eigenvalue weighted by molar-refractivity contribution is 0.0635. The number of carbonyl (C=O) groups is 3. The molecule has 4 atom stereocenters. The molecule has 16 nitrogen and oxygen atoms in total. The van der Waals surface area contributed by atoms with Gasteiger partial charge in [0.1, 0.15) is 17.0 Å². The summed E-state index contributed by atoms with van der Waals surface area (Å²) in [5.41, 5.74) is 14.1.